The molecule has 2 rings (SSSR count). The number of rotatable bonds is 5. The molecule has 0 spiro atoms. The van der Waals surface area contributed by atoms with E-state index in [4.69, 9.17) is 5.11 Å². The number of nitrogens with zero attached hydrogens (tertiary/aromatic N) is 1. The van der Waals surface area contributed by atoms with E-state index < -0.39 is 5.97 Å². The van der Waals surface area contributed by atoms with Gasteiger partial charge >= 0.3 is 5.97 Å². The highest BCUT2D eigenvalue weighted by Gasteiger charge is 2.14. The van der Waals surface area contributed by atoms with Crippen molar-refractivity contribution in [1.29, 1.82) is 0 Å². The number of carboxylic acid groups (broad SMARTS) is 1. The minimum Gasteiger partial charge on any atom is -0.478 e. The molecule has 2 aromatic rings. The number of carbonyl (C=O) groups is 1. The van der Waals surface area contributed by atoms with Crippen molar-refractivity contribution >= 4 is 16.9 Å². The first-order chi connectivity index (χ1) is 9.45. The fourth-order valence-electron chi connectivity index (χ4n) is 2.91. The van der Waals surface area contributed by atoms with Gasteiger partial charge in [-0.3, -0.25) is 0 Å². The lowest BCUT2D eigenvalue weighted by atomic mass is 10.1. The summed E-state index contributed by atoms with van der Waals surface area (Å²) in [7, 11) is 0. The Bertz CT molecular complexity index is 640. The van der Waals surface area contributed by atoms with Crippen molar-refractivity contribution in [2.45, 2.75) is 47.1 Å². The highest BCUT2D eigenvalue weighted by atomic mass is 16.4. The Morgan fingerprint density at radius 1 is 1.35 bits per heavy atom. The van der Waals surface area contributed by atoms with Crippen LogP contribution in [0.5, 0.6) is 0 Å². The average Bonchev–Trinajstić information content (AvgIpc) is 2.64. The van der Waals surface area contributed by atoms with Crippen LogP contribution in [0.2, 0.25) is 0 Å². The summed E-state index contributed by atoms with van der Waals surface area (Å²) in [4.78, 5) is 11.1. The highest BCUT2D eigenvalue weighted by molar-refractivity contribution is 5.95. The van der Waals surface area contributed by atoms with Crippen molar-refractivity contribution in [3.63, 3.8) is 0 Å². The maximum absolute atomic E-state index is 11.1. The number of benzene rings is 1. The van der Waals surface area contributed by atoms with Crippen LogP contribution < -0.4 is 0 Å². The molecule has 1 unspecified atom stereocenters. The summed E-state index contributed by atoms with van der Waals surface area (Å²) in [5.74, 6) is -0.232. The predicted molar refractivity (Wildman–Crippen MR) is 82.4 cm³/mol. The van der Waals surface area contributed by atoms with Crippen LogP contribution in [-0.2, 0) is 6.54 Å². The second-order valence-corrected chi connectivity index (χ2v) is 5.75. The Kier molecular flexibility index (Phi) is 4.17. The van der Waals surface area contributed by atoms with Crippen molar-refractivity contribution < 1.29 is 9.90 Å². The standard InChI is InChI=1S/C17H23NO2/c1-5-6-11(2)10-18-13(4)12(3)15-9-14(17(19)20)7-8-16(15)18/h7-9,11H,5-6,10H2,1-4H3,(H,19,20). The van der Waals surface area contributed by atoms with Gasteiger partial charge in [0.2, 0.25) is 0 Å². The molecular weight excluding hydrogens is 250 g/mol. The smallest absolute Gasteiger partial charge is 0.335 e. The van der Waals surface area contributed by atoms with Gasteiger partial charge in [0.05, 0.1) is 5.56 Å². The van der Waals surface area contributed by atoms with Crippen LogP contribution in [0, 0.1) is 19.8 Å². The number of hydrogen-bond acceptors (Lipinski definition) is 1. The van der Waals surface area contributed by atoms with E-state index in [2.05, 4.69) is 32.3 Å². The zero-order valence-corrected chi connectivity index (χ0v) is 12.7. The molecule has 1 aromatic heterocycles. The molecule has 1 aromatic carbocycles. The first-order valence-electron chi connectivity index (χ1n) is 7.28. The summed E-state index contributed by atoms with van der Waals surface area (Å²) in [5, 5.41) is 10.2. The quantitative estimate of drug-likeness (QED) is 0.877. The third kappa shape index (κ3) is 2.58. The lowest BCUT2D eigenvalue weighted by Gasteiger charge is -2.14. The van der Waals surface area contributed by atoms with Crippen molar-refractivity contribution in [1.82, 2.24) is 4.57 Å². The third-order valence-corrected chi connectivity index (χ3v) is 4.16. The van der Waals surface area contributed by atoms with Crippen LogP contribution in [0.1, 0.15) is 48.3 Å². The summed E-state index contributed by atoms with van der Waals surface area (Å²) in [5.41, 5.74) is 3.93. The van der Waals surface area contributed by atoms with Gasteiger partial charge in [0, 0.05) is 23.1 Å². The van der Waals surface area contributed by atoms with Gasteiger partial charge in [-0.25, -0.2) is 4.79 Å². The second kappa shape index (κ2) is 5.70. The molecule has 3 heteroatoms. The SMILES string of the molecule is CCCC(C)Cn1c(C)c(C)c2cc(C(=O)O)ccc21. The van der Waals surface area contributed by atoms with Crippen molar-refractivity contribution in [2.75, 3.05) is 0 Å². The number of hydrogen-bond donors (Lipinski definition) is 1. The van der Waals surface area contributed by atoms with Crippen LogP contribution in [0.15, 0.2) is 18.2 Å². The van der Waals surface area contributed by atoms with E-state index in [1.807, 2.05) is 6.07 Å². The van der Waals surface area contributed by atoms with E-state index >= 15 is 0 Å². The number of fused-ring (bicyclic) bond motifs is 1. The molecule has 20 heavy (non-hydrogen) atoms. The molecule has 0 saturated carbocycles. The van der Waals surface area contributed by atoms with Crippen LogP contribution in [0.4, 0.5) is 0 Å². The van der Waals surface area contributed by atoms with Gasteiger partial charge in [0.1, 0.15) is 0 Å². The Hall–Kier alpha value is -1.77. The summed E-state index contributed by atoms with van der Waals surface area (Å²) >= 11 is 0. The van der Waals surface area contributed by atoms with E-state index in [1.165, 1.54) is 24.1 Å². The van der Waals surface area contributed by atoms with Crippen LogP contribution in [-0.4, -0.2) is 15.6 Å². The van der Waals surface area contributed by atoms with Crippen LogP contribution in [0.25, 0.3) is 10.9 Å². The minimum absolute atomic E-state index is 0.361. The number of aromatic carboxylic acids is 1. The largest absolute Gasteiger partial charge is 0.478 e. The van der Waals surface area contributed by atoms with Gasteiger partial charge in [-0.15, -0.1) is 0 Å². The summed E-state index contributed by atoms with van der Waals surface area (Å²) < 4.78 is 2.33. The lowest BCUT2D eigenvalue weighted by molar-refractivity contribution is 0.0697. The lowest BCUT2D eigenvalue weighted by Crippen LogP contribution is -2.09. The Morgan fingerprint density at radius 3 is 2.65 bits per heavy atom. The molecule has 0 aliphatic heterocycles. The number of aryl methyl sites for hydroxylation is 1. The molecule has 0 aliphatic rings. The fourth-order valence-corrected chi connectivity index (χ4v) is 2.91. The van der Waals surface area contributed by atoms with E-state index in [-0.39, 0.29) is 0 Å². The monoisotopic (exact) mass is 273 g/mol. The third-order valence-electron chi connectivity index (χ3n) is 4.16. The molecule has 0 saturated heterocycles. The maximum Gasteiger partial charge on any atom is 0.335 e. The van der Waals surface area contributed by atoms with Crippen LogP contribution >= 0.6 is 0 Å². The number of aromatic nitrogens is 1. The summed E-state index contributed by atoms with van der Waals surface area (Å²) in [6.07, 6.45) is 2.41. The van der Waals surface area contributed by atoms with E-state index in [0.717, 1.165) is 17.4 Å². The topological polar surface area (TPSA) is 42.2 Å². The number of carboxylic acids is 1. The van der Waals surface area contributed by atoms with Crippen molar-refractivity contribution in [2.24, 2.45) is 5.92 Å². The van der Waals surface area contributed by atoms with E-state index in [1.54, 1.807) is 12.1 Å². The molecule has 0 amide bonds. The van der Waals surface area contributed by atoms with Gasteiger partial charge in [0.15, 0.2) is 0 Å². The Morgan fingerprint density at radius 2 is 2.05 bits per heavy atom. The molecule has 0 fully saturated rings. The Balaban J connectivity index is 2.50. The van der Waals surface area contributed by atoms with Gasteiger partial charge in [-0.05, 0) is 49.9 Å². The van der Waals surface area contributed by atoms with Gasteiger partial charge < -0.3 is 9.67 Å². The first-order valence-corrected chi connectivity index (χ1v) is 7.28. The molecule has 3 nitrogen and oxygen atoms in total. The van der Waals surface area contributed by atoms with E-state index in [9.17, 15) is 4.79 Å². The molecule has 1 heterocycles. The van der Waals surface area contributed by atoms with Crippen LogP contribution in [0.3, 0.4) is 0 Å². The molecule has 108 valence electrons. The first kappa shape index (κ1) is 14.6. The predicted octanol–water partition coefficient (Wildman–Crippen LogP) is 4.39. The van der Waals surface area contributed by atoms with Crippen molar-refractivity contribution in [3.05, 3.63) is 35.0 Å². The fraction of sp³-hybridized carbons (Fsp3) is 0.471. The van der Waals surface area contributed by atoms with Crippen molar-refractivity contribution in [3.8, 4) is 0 Å². The van der Waals surface area contributed by atoms with Gasteiger partial charge in [0.25, 0.3) is 0 Å². The molecule has 0 bridgehead atoms. The highest BCUT2D eigenvalue weighted by Crippen LogP contribution is 2.27. The minimum atomic E-state index is -0.865. The second-order valence-electron chi connectivity index (χ2n) is 5.75. The molecule has 0 aliphatic carbocycles. The molecule has 1 atom stereocenters. The van der Waals surface area contributed by atoms with E-state index in [0.29, 0.717) is 11.5 Å². The zero-order valence-electron chi connectivity index (χ0n) is 12.7. The average molecular weight is 273 g/mol. The van der Waals surface area contributed by atoms with Gasteiger partial charge in [-0.1, -0.05) is 20.3 Å². The Labute approximate surface area is 120 Å². The normalized spacial score (nSPS) is 12.8. The maximum atomic E-state index is 11.1. The summed E-state index contributed by atoms with van der Waals surface area (Å²) in [6.45, 7) is 9.67. The van der Waals surface area contributed by atoms with Gasteiger partial charge in [-0.2, -0.15) is 0 Å². The summed E-state index contributed by atoms with van der Waals surface area (Å²) in [6, 6.07) is 5.43. The molecule has 0 radical (unpaired) electrons. The molecule has 1 N–H and O–H groups in total. The molecular formula is C17H23NO2. The zero-order chi connectivity index (χ0) is 14.9.